The lowest BCUT2D eigenvalue weighted by atomic mass is 10.1. The summed E-state index contributed by atoms with van der Waals surface area (Å²) >= 11 is 0. The van der Waals surface area contributed by atoms with Crippen molar-refractivity contribution in [3.05, 3.63) is 60.0 Å². The fraction of sp³-hybridized carbons (Fsp3) is 0.0714. The minimum atomic E-state index is 0.592. The van der Waals surface area contributed by atoms with Gasteiger partial charge < -0.3 is 5.43 Å². The Balaban J connectivity index is 2.10. The van der Waals surface area contributed by atoms with Crippen LogP contribution in [0.4, 0.5) is 5.82 Å². The maximum absolute atomic E-state index is 5.46. The van der Waals surface area contributed by atoms with Crippen LogP contribution in [0.15, 0.2) is 48.8 Å². The standard InChI is InChI=1S/C14H13N5/c15-17-14-12-4-2-1-3-11(12)13(18-19-14)9-10-5-7-16-8-6-10/h1-8H,9,15H2,(H,17,19). The molecule has 5 heteroatoms. The van der Waals surface area contributed by atoms with Crippen LogP contribution in [-0.2, 0) is 6.42 Å². The molecule has 19 heavy (non-hydrogen) atoms. The summed E-state index contributed by atoms with van der Waals surface area (Å²) in [4.78, 5) is 4.01. The maximum Gasteiger partial charge on any atom is 0.170 e. The SMILES string of the molecule is NNc1nnc(Cc2ccncc2)c2ccccc12. The number of nitrogens with one attached hydrogen (secondary N) is 1. The first kappa shape index (κ1) is 11.6. The van der Waals surface area contributed by atoms with Crippen molar-refractivity contribution < 1.29 is 0 Å². The Morgan fingerprint density at radius 2 is 1.68 bits per heavy atom. The molecule has 3 aromatic rings. The van der Waals surface area contributed by atoms with Gasteiger partial charge >= 0.3 is 0 Å². The van der Waals surface area contributed by atoms with E-state index in [0.717, 1.165) is 28.5 Å². The van der Waals surface area contributed by atoms with Crippen molar-refractivity contribution in [3.8, 4) is 0 Å². The van der Waals surface area contributed by atoms with Crippen LogP contribution in [0.1, 0.15) is 11.3 Å². The van der Waals surface area contributed by atoms with Gasteiger partial charge in [0.05, 0.1) is 5.69 Å². The summed E-state index contributed by atoms with van der Waals surface area (Å²) in [6.45, 7) is 0. The molecule has 0 unspecified atom stereocenters. The number of nitrogen functional groups attached to an aromatic ring is 1. The lowest BCUT2D eigenvalue weighted by Gasteiger charge is -2.08. The molecule has 0 aliphatic carbocycles. The Labute approximate surface area is 110 Å². The fourth-order valence-electron chi connectivity index (χ4n) is 2.09. The van der Waals surface area contributed by atoms with Crippen molar-refractivity contribution >= 4 is 16.6 Å². The highest BCUT2D eigenvalue weighted by atomic mass is 15.3. The lowest BCUT2D eigenvalue weighted by molar-refractivity contribution is 0.954. The van der Waals surface area contributed by atoms with E-state index < -0.39 is 0 Å². The van der Waals surface area contributed by atoms with Gasteiger partial charge in [0.1, 0.15) is 0 Å². The third-order valence-electron chi connectivity index (χ3n) is 3.02. The molecule has 0 saturated heterocycles. The molecule has 1 aromatic carbocycles. The summed E-state index contributed by atoms with van der Waals surface area (Å²) in [5, 5.41) is 10.4. The van der Waals surface area contributed by atoms with E-state index in [1.54, 1.807) is 12.4 Å². The summed E-state index contributed by atoms with van der Waals surface area (Å²) in [5.74, 6) is 6.05. The van der Waals surface area contributed by atoms with Crippen LogP contribution in [0, 0.1) is 0 Å². The summed E-state index contributed by atoms with van der Waals surface area (Å²) in [6.07, 6.45) is 4.28. The third kappa shape index (κ3) is 2.23. The van der Waals surface area contributed by atoms with Gasteiger partial charge in [0.2, 0.25) is 0 Å². The van der Waals surface area contributed by atoms with Crippen molar-refractivity contribution in [1.82, 2.24) is 15.2 Å². The van der Waals surface area contributed by atoms with E-state index in [-0.39, 0.29) is 0 Å². The molecule has 0 aliphatic heterocycles. The molecule has 3 N–H and O–H groups in total. The van der Waals surface area contributed by atoms with Gasteiger partial charge in [-0.1, -0.05) is 24.3 Å². The fourth-order valence-corrected chi connectivity index (χ4v) is 2.09. The zero-order valence-corrected chi connectivity index (χ0v) is 10.2. The van der Waals surface area contributed by atoms with Crippen molar-refractivity contribution in [3.63, 3.8) is 0 Å². The van der Waals surface area contributed by atoms with Crippen LogP contribution < -0.4 is 11.3 Å². The average Bonchev–Trinajstić information content (AvgIpc) is 2.49. The van der Waals surface area contributed by atoms with Gasteiger partial charge in [-0.3, -0.25) is 4.98 Å². The van der Waals surface area contributed by atoms with Crippen molar-refractivity contribution in [1.29, 1.82) is 0 Å². The number of anilines is 1. The Kier molecular flexibility index (Phi) is 3.04. The first-order valence-electron chi connectivity index (χ1n) is 5.98. The Morgan fingerprint density at radius 3 is 2.42 bits per heavy atom. The van der Waals surface area contributed by atoms with Crippen LogP contribution in [0.3, 0.4) is 0 Å². The predicted octanol–water partition coefficient (Wildman–Crippen LogP) is 1.90. The number of hydrogen-bond donors (Lipinski definition) is 2. The number of nitrogens with two attached hydrogens (primary N) is 1. The number of benzene rings is 1. The van der Waals surface area contributed by atoms with E-state index in [2.05, 4.69) is 20.6 Å². The first-order valence-corrected chi connectivity index (χ1v) is 5.98. The highest BCUT2D eigenvalue weighted by Crippen LogP contribution is 2.23. The van der Waals surface area contributed by atoms with Gasteiger partial charge in [0.25, 0.3) is 0 Å². The molecule has 0 bridgehead atoms. The second-order valence-electron chi connectivity index (χ2n) is 4.22. The Hall–Kier alpha value is -2.53. The summed E-state index contributed by atoms with van der Waals surface area (Å²) in [7, 11) is 0. The highest BCUT2D eigenvalue weighted by Gasteiger charge is 2.08. The summed E-state index contributed by atoms with van der Waals surface area (Å²) in [5.41, 5.74) is 4.66. The van der Waals surface area contributed by atoms with Crippen LogP contribution in [-0.4, -0.2) is 15.2 Å². The number of hydrazine groups is 1. The van der Waals surface area contributed by atoms with Gasteiger partial charge in [-0.2, -0.15) is 5.10 Å². The zero-order chi connectivity index (χ0) is 13.1. The molecule has 0 aliphatic rings. The van der Waals surface area contributed by atoms with Gasteiger partial charge in [0, 0.05) is 29.6 Å². The monoisotopic (exact) mass is 251 g/mol. The number of rotatable bonds is 3. The van der Waals surface area contributed by atoms with Crippen LogP contribution in [0.25, 0.3) is 10.8 Å². The molecule has 0 atom stereocenters. The normalized spacial score (nSPS) is 10.6. The van der Waals surface area contributed by atoms with Crippen molar-refractivity contribution in [2.75, 3.05) is 5.43 Å². The quantitative estimate of drug-likeness (QED) is 0.549. The largest absolute Gasteiger partial charge is 0.306 e. The smallest absolute Gasteiger partial charge is 0.170 e. The number of pyridine rings is 1. The minimum Gasteiger partial charge on any atom is -0.306 e. The lowest BCUT2D eigenvalue weighted by Crippen LogP contribution is -2.11. The number of aromatic nitrogens is 3. The van der Waals surface area contributed by atoms with Crippen LogP contribution in [0.2, 0.25) is 0 Å². The van der Waals surface area contributed by atoms with E-state index in [1.165, 1.54) is 0 Å². The Morgan fingerprint density at radius 1 is 0.947 bits per heavy atom. The first-order chi connectivity index (χ1) is 9.38. The summed E-state index contributed by atoms with van der Waals surface area (Å²) in [6, 6.07) is 11.9. The molecule has 0 amide bonds. The molecule has 0 spiro atoms. The van der Waals surface area contributed by atoms with Crippen LogP contribution in [0.5, 0.6) is 0 Å². The van der Waals surface area contributed by atoms with E-state index in [4.69, 9.17) is 5.84 Å². The highest BCUT2D eigenvalue weighted by molar-refractivity contribution is 5.92. The van der Waals surface area contributed by atoms with Gasteiger partial charge in [0.15, 0.2) is 5.82 Å². The molecule has 0 saturated carbocycles. The zero-order valence-electron chi connectivity index (χ0n) is 10.2. The molecule has 5 nitrogen and oxygen atoms in total. The molecular formula is C14H13N5. The third-order valence-corrected chi connectivity index (χ3v) is 3.02. The van der Waals surface area contributed by atoms with E-state index in [9.17, 15) is 0 Å². The second kappa shape index (κ2) is 4.99. The predicted molar refractivity (Wildman–Crippen MR) is 74.4 cm³/mol. The van der Waals surface area contributed by atoms with Crippen molar-refractivity contribution in [2.45, 2.75) is 6.42 Å². The van der Waals surface area contributed by atoms with Gasteiger partial charge in [-0.25, -0.2) is 5.84 Å². The molecule has 0 fully saturated rings. The number of nitrogens with zero attached hydrogens (tertiary/aromatic N) is 3. The molecule has 2 heterocycles. The van der Waals surface area contributed by atoms with E-state index in [0.29, 0.717) is 5.82 Å². The van der Waals surface area contributed by atoms with Crippen molar-refractivity contribution in [2.24, 2.45) is 5.84 Å². The second-order valence-corrected chi connectivity index (χ2v) is 4.22. The van der Waals surface area contributed by atoms with E-state index >= 15 is 0 Å². The van der Waals surface area contributed by atoms with Crippen LogP contribution >= 0.6 is 0 Å². The topological polar surface area (TPSA) is 76.7 Å². The van der Waals surface area contributed by atoms with Gasteiger partial charge in [-0.15, -0.1) is 5.10 Å². The maximum atomic E-state index is 5.46. The average molecular weight is 251 g/mol. The molecule has 3 rings (SSSR count). The number of fused-ring (bicyclic) bond motifs is 1. The molecule has 0 radical (unpaired) electrons. The summed E-state index contributed by atoms with van der Waals surface area (Å²) < 4.78 is 0. The van der Waals surface area contributed by atoms with Gasteiger partial charge in [-0.05, 0) is 17.7 Å². The molecular weight excluding hydrogens is 238 g/mol. The number of hydrogen-bond acceptors (Lipinski definition) is 5. The van der Waals surface area contributed by atoms with E-state index in [1.807, 2.05) is 36.4 Å². The Bertz CT molecular complexity index is 697. The molecule has 2 aromatic heterocycles. The molecule has 94 valence electrons. The minimum absolute atomic E-state index is 0.592.